The van der Waals surface area contributed by atoms with E-state index in [1.807, 2.05) is 49.0 Å². The van der Waals surface area contributed by atoms with E-state index in [9.17, 15) is 4.79 Å². The summed E-state index contributed by atoms with van der Waals surface area (Å²) in [5.41, 5.74) is 2.43. The molecule has 1 aliphatic rings. The molecule has 1 amide bonds. The van der Waals surface area contributed by atoms with Gasteiger partial charge in [-0.2, -0.15) is 0 Å². The number of benzene rings is 2. The molecule has 4 rings (SSSR count). The Morgan fingerprint density at radius 1 is 1.00 bits per heavy atom. The Labute approximate surface area is 212 Å². The number of nitrogens with one attached hydrogen (secondary N) is 2. The molecule has 2 aromatic carbocycles. The van der Waals surface area contributed by atoms with Crippen LogP contribution in [0.1, 0.15) is 44.9 Å². The summed E-state index contributed by atoms with van der Waals surface area (Å²) in [5, 5.41) is 7.81. The molecule has 6 nitrogen and oxygen atoms in total. The van der Waals surface area contributed by atoms with E-state index >= 15 is 0 Å². The third kappa shape index (κ3) is 7.71. The van der Waals surface area contributed by atoms with E-state index in [0.29, 0.717) is 18.1 Å². The fourth-order valence-corrected chi connectivity index (χ4v) is 5.40. The Bertz CT molecular complexity index is 1190. The highest BCUT2D eigenvalue weighted by atomic mass is 32.2. The lowest BCUT2D eigenvalue weighted by Gasteiger charge is -2.19. The predicted molar refractivity (Wildman–Crippen MR) is 146 cm³/mol. The van der Waals surface area contributed by atoms with Crippen LogP contribution in [0.25, 0.3) is 10.9 Å². The lowest BCUT2D eigenvalue weighted by molar-refractivity contribution is -0.111. The summed E-state index contributed by atoms with van der Waals surface area (Å²) in [7, 11) is 3.82. The fraction of sp³-hybridized carbons (Fsp3) is 0.393. The summed E-state index contributed by atoms with van der Waals surface area (Å²) in [6.45, 7) is 0.533. The number of rotatable bonds is 6. The van der Waals surface area contributed by atoms with Crippen molar-refractivity contribution in [1.29, 1.82) is 0 Å². The standard InChI is InChI=1S/C28H33N5OS/c1-33(2)18-8-11-27(34)31-22-14-17-26-25(19-22)28(30-20-29-26)32-21-12-15-24(16-13-21)35-23-9-6-4-3-5-7-10-23/h12-17,19-20,23H,3-7,9-10,18H2,1-2H3,(H,31,34)(H,29,30,32). The van der Waals surface area contributed by atoms with Gasteiger partial charge in [-0.1, -0.05) is 38.0 Å². The van der Waals surface area contributed by atoms with Gasteiger partial charge in [0, 0.05) is 26.9 Å². The van der Waals surface area contributed by atoms with Gasteiger partial charge in [0.15, 0.2) is 0 Å². The monoisotopic (exact) mass is 487 g/mol. The molecular formula is C28H33N5OS. The topological polar surface area (TPSA) is 70.2 Å². The highest BCUT2D eigenvalue weighted by Gasteiger charge is 2.13. The molecule has 2 N–H and O–H groups in total. The van der Waals surface area contributed by atoms with Gasteiger partial charge in [0.1, 0.15) is 12.1 Å². The number of fused-ring (bicyclic) bond motifs is 1. The predicted octanol–water partition coefficient (Wildman–Crippen LogP) is 6.08. The van der Waals surface area contributed by atoms with E-state index in [1.54, 1.807) is 6.33 Å². The average molecular weight is 488 g/mol. The van der Waals surface area contributed by atoms with Crippen LogP contribution in [0, 0.1) is 11.8 Å². The molecule has 3 aromatic rings. The van der Waals surface area contributed by atoms with Crippen LogP contribution in [0.5, 0.6) is 0 Å². The van der Waals surface area contributed by atoms with Gasteiger partial charge in [-0.3, -0.25) is 9.69 Å². The maximum atomic E-state index is 12.2. The smallest absolute Gasteiger partial charge is 0.300 e. The number of hydrogen-bond donors (Lipinski definition) is 2. The van der Waals surface area contributed by atoms with Gasteiger partial charge >= 0.3 is 0 Å². The van der Waals surface area contributed by atoms with Crippen molar-refractivity contribution in [3.8, 4) is 11.8 Å². The number of amides is 1. The van der Waals surface area contributed by atoms with Gasteiger partial charge in [0.2, 0.25) is 0 Å². The van der Waals surface area contributed by atoms with Crippen molar-refractivity contribution >= 4 is 45.8 Å². The Morgan fingerprint density at radius 3 is 2.46 bits per heavy atom. The summed E-state index contributed by atoms with van der Waals surface area (Å²) in [6.07, 6.45) is 11.0. The molecule has 182 valence electrons. The van der Waals surface area contributed by atoms with E-state index < -0.39 is 0 Å². The van der Waals surface area contributed by atoms with Gasteiger partial charge in [-0.05, 0) is 75.3 Å². The zero-order valence-corrected chi connectivity index (χ0v) is 21.3. The van der Waals surface area contributed by atoms with Gasteiger partial charge in [0.05, 0.1) is 12.1 Å². The normalized spacial score (nSPS) is 14.6. The molecular weight excluding hydrogens is 454 g/mol. The van der Waals surface area contributed by atoms with Crippen molar-refractivity contribution in [3.05, 3.63) is 48.8 Å². The Balaban J connectivity index is 1.44. The van der Waals surface area contributed by atoms with E-state index in [1.165, 1.54) is 49.8 Å². The Hall–Kier alpha value is -3.08. The second-order valence-corrected chi connectivity index (χ2v) is 10.6. The number of carbonyl (C=O) groups excluding carboxylic acids is 1. The Kier molecular flexibility index (Phi) is 8.99. The summed E-state index contributed by atoms with van der Waals surface area (Å²) in [5.74, 6) is 5.82. The quantitative estimate of drug-likeness (QED) is 0.411. The zero-order valence-electron chi connectivity index (χ0n) is 20.5. The van der Waals surface area contributed by atoms with Gasteiger partial charge in [-0.15, -0.1) is 11.8 Å². The van der Waals surface area contributed by atoms with Crippen LogP contribution in [0.2, 0.25) is 0 Å². The van der Waals surface area contributed by atoms with Crippen LogP contribution in [-0.2, 0) is 4.79 Å². The number of aromatic nitrogens is 2. The molecule has 7 heteroatoms. The summed E-state index contributed by atoms with van der Waals surface area (Å²) >= 11 is 2.01. The molecule has 0 radical (unpaired) electrons. The minimum absolute atomic E-state index is 0.338. The number of carbonyl (C=O) groups is 1. The third-order valence-electron chi connectivity index (χ3n) is 5.96. The first kappa shape index (κ1) is 25.0. The number of thioether (sulfide) groups is 1. The third-order valence-corrected chi connectivity index (χ3v) is 7.31. The summed E-state index contributed by atoms with van der Waals surface area (Å²) in [4.78, 5) is 24.2. The van der Waals surface area contributed by atoms with Crippen LogP contribution in [-0.4, -0.2) is 46.7 Å². The molecule has 1 aliphatic carbocycles. The van der Waals surface area contributed by atoms with Gasteiger partial charge in [-0.25, -0.2) is 9.97 Å². The molecule has 0 unspecified atom stereocenters. The molecule has 35 heavy (non-hydrogen) atoms. The molecule has 0 spiro atoms. The highest BCUT2D eigenvalue weighted by Crippen LogP contribution is 2.33. The molecule has 1 fully saturated rings. The zero-order chi connectivity index (χ0) is 24.5. The maximum Gasteiger partial charge on any atom is 0.300 e. The van der Waals surface area contributed by atoms with Crippen molar-refractivity contribution in [1.82, 2.24) is 14.9 Å². The summed E-state index contributed by atoms with van der Waals surface area (Å²) < 4.78 is 0. The first-order chi connectivity index (χ1) is 17.1. The SMILES string of the molecule is CN(C)CC#CC(=O)Nc1ccc2ncnc(Nc3ccc(SC4CCCCCCC4)cc3)c2c1. The first-order valence-electron chi connectivity index (χ1n) is 12.3. The minimum atomic E-state index is -0.338. The Morgan fingerprint density at radius 2 is 1.71 bits per heavy atom. The second-order valence-electron chi connectivity index (χ2n) is 9.18. The van der Waals surface area contributed by atoms with Crippen molar-refractivity contribution < 1.29 is 4.79 Å². The molecule has 0 atom stereocenters. The number of hydrogen-bond acceptors (Lipinski definition) is 6. The minimum Gasteiger partial charge on any atom is -0.340 e. The van der Waals surface area contributed by atoms with Crippen LogP contribution < -0.4 is 10.6 Å². The van der Waals surface area contributed by atoms with Crippen LogP contribution >= 0.6 is 11.8 Å². The van der Waals surface area contributed by atoms with Gasteiger partial charge < -0.3 is 10.6 Å². The fourth-order valence-electron chi connectivity index (χ4n) is 4.16. The molecule has 1 aromatic heterocycles. The second kappa shape index (κ2) is 12.6. The number of nitrogens with zero attached hydrogens (tertiary/aromatic N) is 3. The van der Waals surface area contributed by atoms with Crippen LogP contribution in [0.4, 0.5) is 17.2 Å². The van der Waals surface area contributed by atoms with Crippen LogP contribution in [0.3, 0.4) is 0 Å². The van der Waals surface area contributed by atoms with E-state index in [0.717, 1.165) is 21.8 Å². The lowest BCUT2D eigenvalue weighted by Crippen LogP contribution is -2.13. The largest absolute Gasteiger partial charge is 0.340 e. The maximum absolute atomic E-state index is 12.2. The molecule has 0 bridgehead atoms. The van der Waals surface area contributed by atoms with Crippen molar-refractivity contribution in [2.75, 3.05) is 31.3 Å². The van der Waals surface area contributed by atoms with E-state index in [4.69, 9.17) is 0 Å². The molecule has 1 heterocycles. The van der Waals surface area contributed by atoms with E-state index in [-0.39, 0.29) is 5.91 Å². The average Bonchev–Trinajstić information content (AvgIpc) is 2.82. The van der Waals surface area contributed by atoms with E-state index in [2.05, 4.69) is 56.7 Å². The lowest BCUT2D eigenvalue weighted by atomic mass is 10.0. The first-order valence-corrected chi connectivity index (χ1v) is 13.2. The molecule has 0 aliphatic heterocycles. The van der Waals surface area contributed by atoms with Crippen molar-refractivity contribution in [2.24, 2.45) is 0 Å². The van der Waals surface area contributed by atoms with Gasteiger partial charge in [0.25, 0.3) is 5.91 Å². The highest BCUT2D eigenvalue weighted by molar-refractivity contribution is 8.00. The number of anilines is 3. The summed E-state index contributed by atoms with van der Waals surface area (Å²) in [6, 6.07) is 14.2. The van der Waals surface area contributed by atoms with Crippen LogP contribution in [0.15, 0.2) is 53.7 Å². The van der Waals surface area contributed by atoms with Crippen molar-refractivity contribution in [3.63, 3.8) is 0 Å². The van der Waals surface area contributed by atoms with Crippen molar-refractivity contribution in [2.45, 2.75) is 55.1 Å². The molecule has 0 saturated heterocycles. The molecule has 1 saturated carbocycles.